The summed E-state index contributed by atoms with van der Waals surface area (Å²) in [6.07, 6.45) is 0. The van der Waals surface area contributed by atoms with Gasteiger partial charge in [-0.15, -0.1) is 0 Å². The van der Waals surface area contributed by atoms with Crippen molar-refractivity contribution in [3.05, 3.63) is 114 Å². The second-order valence-electron chi connectivity index (χ2n) is 7.01. The lowest BCUT2D eigenvalue weighted by Crippen LogP contribution is -1.93. The van der Waals surface area contributed by atoms with Crippen molar-refractivity contribution >= 4 is 64.8 Å². The molecule has 0 fully saturated rings. The molecule has 0 aliphatic carbocycles. The first kappa shape index (κ1) is 26.0. The molecule has 36 heavy (non-hydrogen) atoms. The van der Waals surface area contributed by atoms with Gasteiger partial charge in [0, 0.05) is 24.3 Å². The molecular formula is C24H14Br2N2O6S2. The van der Waals surface area contributed by atoms with Crippen LogP contribution >= 0.6 is 53.4 Å². The Kier molecular flexibility index (Phi) is 8.52. The van der Waals surface area contributed by atoms with Crippen LogP contribution in [0.5, 0.6) is 23.0 Å². The van der Waals surface area contributed by atoms with E-state index in [1.54, 1.807) is 12.1 Å². The minimum Gasteiger partial charge on any atom is -0.455 e. The Bertz CT molecular complexity index is 1350. The number of nitro groups is 2. The van der Waals surface area contributed by atoms with Crippen molar-refractivity contribution in [1.82, 2.24) is 0 Å². The Morgan fingerprint density at radius 2 is 0.972 bits per heavy atom. The van der Waals surface area contributed by atoms with Crippen molar-refractivity contribution in [2.45, 2.75) is 9.79 Å². The van der Waals surface area contributed by atoms with Crippen LogP contribution in [0.15, 0.2) is 104 Å². The van der Waals surface area contributed by atoms with Gasteiger partial charge in [0.1, 0.15) is 23.0 Å². The quantitative estimate of drug-likeness (QED) is 0.100. The highest BCUT2D eigenvalue weighted by atomic mass is 79.9. The molecule has 4 aromatic rings. The number of halogens is 2. The van der Waals surface area contributed by atoms with Crippen molar-refractivity contribution in [2.75, 3.05) is 0 Å². The normalized spacial score (nSPS) is 10.6. The maximum atomic E-state index is 11.4. The van der Waals surface area contributed by atoms with Gasteiger partial charge in [0.15, 0.2) is 0 Å². The van der Waals surface area contributed by atoms with Gasteiger partial charge in [0.2, 0.25) is 0 Å². The van der Waals surface area contributed by atoms with Crippen LogP contribution in [0.4, 0.5) is 11.4 Å². The second-order valence-corrected chi connectivity index (χ2v) is 10.9. The van der Waals surface area contributed by atoms with Crippen LogP contribution in [-0.4, -0.2) is 9.85 Å². The van der Waals surface area contributed by atoms with E-state index in [-0.39, 0.29) is 11.4 Å². The van der Waals surface area contributed by atoms with E-state index in [9.17, 15) is 20.2 Å². The van der Waals surface area contributed by atoms with E-state index in [4.69, 9.17) is 9.47 Å². The van der Waals surface area contributed by atoms with Gasteiger partial charge in [-0.1, -0.05) is 24.3 Å². The average molecular weight is 650 g/mol. The molecule has 0 spiro atoms. The Labute approximate surface area is 230 Å². The van der Waals surface area contributed by atoms with Gasteiger partial charge in [-0.05, 0) is 89.8 Å². The fraction of sp³-hybridized carbons (Fsp3) is 0. The predicted octanol–water partition coefficient (Wildman–Crippen LogP) is 9.41. The maximum Gasteiger partial charge on any atom is 0.270 e. The molecule has 12 heteroatoms. The molecule has 0 saturated heterocycles. The van der Waals surface area contributed by atoms with E-state index in [1.807, 2.05) is 36.4 Å². The van der Waals surface area contributed by atoms with Crippen molar-refractivity contribution < 1.29 is 19.3 Å². The fourth-order valence-corrected chi connectivity index (χ4v) is 5.85. The van der Waals surface area contributed by atoms with Crippen molar-refractivity contribution in [1.29, 1.82) is 0 Å². The van der Waals surface area contributed by atoms with E-state index in [0.29, 0.717) is 32.8 Å². The summed E-state index contributed by atoms with van der Waals surface area (Å²) in [6, 6.07) is 23.0. The zero-order chi connectivity index (χ0) is 25.7. The van der Waals surface area contributed by atoms with Crippen LogP contribution < -0.4 is 9.47 Å². The minimum atomic E-state index is -0.494. The number of hydrogen-bond acceptors (Lipinski definition) is 8. The SMILES string of the molecule is O=[N+]([O-])c1ccc(Oc2ccccc2Br)c(SSc2cc([N+](=O)[O-])ccc2Oc2ccccc2Br)c1. The minimum absolute atomic E-state index is 0.110. The van der Waals surface area contributed by atoms with E-state index in [0.717, 1.165) is 30.5 Å². The fourth-order valence-electron chi connectivity index (χ4n) is 2.90. The Morgan fingerprint density at radius 1 is 0.583 bits per heavy atom. The monoisotopic (exact) mass is 648 g/mol. The molecule has 0 saturated carbocycles. The van der Waals surface area contributed by atoms with Gasteiger partial charge in [0.25, 0.3) is 11.4 Å². The average Bonchev–Trinajstić information content (AvgIpc) is 2.86. The highest BCUT2D eigenvalue weighted by Crippen LogP contribution is 2.49. The van der Waals surface area contributed by atoms with Crippen LogP contribution in [0.25, 0.3) is 0 Å². The van der Waals surface area contributed by atoms with Gasteiger partial charge < -0.3 is 9.47 Å². The predicted molar refractivity (Wildman–Crippen MR) is 146 cm³/mol. The number of ether oxygens (including phenoxy) is 2. The molecule has 0 aliphatic rings. The maximum absolute atomic E-state index is 11.4. The van der Waals surface area contributed by atoms with Gasteiger partial charge in [-0.3, -0.25) is 20.2 Å². The molecular weight excluding hydrogens is 636 g/mol. The molecule has 4 aromatic carbocycles. The molecule has 0 aliphatic heterocycles. The summed E-state index contributed by atoms with van der Waals surface area (Å²) >= 11 is 6.86. The summed E-state index contributed by atoms with van der Waals surface area (Å²) in [5.74, 6) is 1.85. The first-order chi connectivity index (χ1) is 17.3. The number of non-ortho nitro benzene ring substituents is 2. The highest BCUT2D eigenvalue weighted by Gasteiger charge is 2.18. The first-order valence-corrected chi connectivity index (χ1v) is 13.8. The molecule has 4 rings (SSSR count). The number of benzene rings is 4. The molecule has 0 unspecified atom stereocenters. The highest BCUT2D eigenvalue weighted by molar-refractivity contribution is 9.11. The topological polar surface area (TPSA) is 105 Å². The lowest BCUT2D eigenvalue weighted by Gasteiger charge is -2.14. The number of para-hydroxylation sites is 2. The van der Waals surface area contributed by atoms with E-state index in [1.165, 1.54) is 36.4 Å². The molecule has 0 aromatic heterocycles. The summed E-state index contributed by atoms with van der Waals surface area (Å²) in [4.78, 5) is 22.7. The third-order valence-corrected chi connectivity index (χ3v) is 8.33. The van der Waals surface area contributed by atoms with E-state index >= 15 is 0 Å². The third kappa shape index (κ3) is 6.38. The number of hydrogen-bond donors (Lipinski definition) is 0. The van der Waals surface area contributed by atoms with Crippen molar-refractivity contribution in [3.8, 4) is 23.0 Å². The molecule has 182 valence electrons. The van der Waals surface area contributed by atoms with Crippen LogP contribution in [0.2, 0.25) is 0 Å². The molecule has 0 bridgehead atoms. The molecule has 8 nitrogen and oxygen atoms in total. The van der Waals surface area contributed by atoms with Gasteiger partial charge in [-0.25, -0.2) is 0 Å². The Balaban J connectivity index is 1.67. The molecule has 0 heterocycles. The lowest BCUT2D eigenvalue weighted by molar-refractivity contribution is -0.385. The summed E-state index contributed by atoms with van der Waals surface area (Å²) in [5.41, 5.74) is -0.220. The zero-order valence-electron chi connectivity index (χ0n) is 18.0. The van der Waals surface area contributed by atoms with Crippen molar-refractivity contribution in [3.63, 3.8) is 0 Å². The Hall–Kier alpha value is -3.06. The molecule has 0 radical (unpaired) electrons. The molecule has 0 atom stereocenters. The van der Waals surface area contributed by atoms with Crippen LogP contribution in [-0.2, 0) is 0 Å². The first-order valence-electron chi connectivity index (χ1n) is 10.1. The number of nitro benzene ring substituents is 2. The number of nitrogens with zero attached hydrogens (tertiary/aromatic N) is 2. The summed E-state index contributed by atoms with van der Waals surface area (Å²) < 4.78 is 13.5. The lowest BCUT2D eigenvalue weighted by atomic mass is 10.3. The molecule has 0 amide bonds. The van der Waals surface area contributed by atoms with Crippen LogP contribution in [0.1, 0.15) is 0 Å². The smallest absolute Gasteiger partial charge is 0.270 e. The zero-order valence-corrected chi connectivity index (χ0v) is 22.8. The standard InChI is InChI=1S/C24H14Br2N2O6S2/c25-17-5-1-3-7-19(17)33-21-11-9-15(27(29)30)13-23(21)35-36-24-14-16(28(31)32)10-12-22(24)34-20-8-4-2-6-18(20)26/h1-14H. The summed E-state index contributed by atoms with van der Waals surface area (Å²) in [6.45, 7) is 0. The number of rotatable bonds is 9. The van der Waals surface area contributed by atoms with Gasteiger partial charge >= 0.3 is 0 Å². The molecule has 0 N–H and O–H groups in total. The summed E-state index contributed by atoms with van der Waals surface area (Å²) in [7, 11) is 2.33. The van der Waals surface area contributed by atoms with Crippen molar-refractivity contribution in [2.24, 2.45) is 0 Å². The Morgan fingerprint density at radius 3 is 1.33 bits per heavy atom. The summed E-state index contributed by atoms with van der Waals surface area (Å²) in [5, 5.41) is 22.8. The second kappa shape index (κ2) is 11.8. The van der Waals surface area contributed by atoms with Crippen LogP contribution in [0.3, 0.4) is 0 Å². The van der Waals surface area contributed by atoms with Gasteiger partial charge in [0.05, 0.1) is 28.6 Å². The van der Waals surface area contributed by atoms with Crippen LogP contribution in [0, 0.1) is 20.2 Å². The van der Waals surface area contributed by atoms with E-state index in [2.05, 4.69) is 31.9 Å². The largest absolute Gasteiger partial charge is 0.455 e. The van der Waals surface area contributed by atoms with Gasteiger partial charge in [-0.2, -0.15) is 0 Å². The third-order valence-electron chi connectivity index (χ3n) is 4.61. The van der Waals surface area contributed by atoms with E-state index < -0.39 is 9.85 Å².